The summed E-state index contributed by atoms with van der Waals surface area (Å²) in [6.07, 6.45) is 1.30. The van der Waals surface area contributed by atoms with Gasteiger partial charge in [-0.05, 0) is 254 Å². The standard InChI is InChI=1S/C17H18N2O2.C16H14ClN3O2.C12H15NO3.C10H7Cl2N.C10H11NO3.C10H9NO2.C7H9N.C7H12O4.C6H6O3.C4H8O.CH4.Cl3OP.H4N2.H2O/c1-12-3-7-14(8-4-12)18-16(20)11-17(21)19-15-9-5-13(2)6-10-15;1-8-4-5-13-11(6-8)12(17)7-14(18-13)19-20-15(21)9(2)10(3)16(20)22;1-3-16-12(15)8-11(14)13-10-6-4-9(2)5-7-10;1-6-2-3-9-7(4-6)8(11)5-10(12)13-9;1-7-2-4-8(5-3-7)11-9(12)6-10(13)14;1-6-2-3-8-7(4-6)9(12)5-10(13)11-8;1-6-2-4-7(8)5-3-6;1-3-10-6(8)5-7(9)11-4-2;1-3-4(2)6(8)9-5(3)7;1-2-4-5-3-1;;1-5(2,3)4;1-2;/h3-10H,11H2,1-2H3,(H,18,20)(H,19,21);4-7H,1-3H3,(H,18,19);4-7H,3,8H2,1-2H3,(H,13,14);2-5H,1H3;2-5H,6H2,1H3,(H,11,12)(H,13,14);2-5H,1H3,(H2,11,12,13);2-5H,8H2,1H3;3-5H2,1-2H3;1-2H3;1-4H2;1H4;;1-2H2;1H2. The minimum atomic E-state index is -3.22. The topological polar surface area (TPSA) is 540 Å². The molecule has 0 aliphatic carbocycles. The lowest BCUT2D eigenvalue weighted by atomic mass is 10.1. The number of nitrogens with zero attached hydrogens (tertiary/aromatic N) is 3. The van der Waals surface area contributed by atoms with Gasteiger partial charge in [-0.25, -0.2) is 19.6 Å². The number of carbonyl (C=O) groups excluding carboxylic acids is 11. The van der Waals surface area contributed by atoms with Crippen molar-refractivity contribution >= 4 is 212 Å². The number of pyridine rings is 3. The Bertz CT molecular complexity index is 6070. The van der Waals surface area contributed by atoms with E-state index in [4.69, 9.17) is 50.4 Å². The van der Waals surface area contributed by atoms with Gasteiger partial charge in [-0.1, -0.05) is 166 Å². The Balaban J connectivity index is 0.000000790. The number of carbonyl (C=O) groups is 12. The number of carboxylic acids is 1. The van der Waals surface area contributed by atoms with Gasteiger partial charge in [0, 0.05) is 92.2 Å². The smallest absolute Gasteiger partial charge is 0.342 e. The molecule has 3 aromatic heterocycles. The number of cyclic esters (lactones) is 2. The molecule has 141 heavy (non-hydrogen) atoms. The Hall–Kier alpha value is -13.5. The van der Waals surface area contributed by atoms with Crippen LogP contribution in [0.5, 0.6) is 5.75 Å². The molecular weight excluding hydrogens is 1960 g/mol. The van der Waals surface area contributed by atoms with Crippen LogP contribution in [0.4, 0.5) is 34.3 Å². The van der Waals surface area contributed by atoms with Crippen LogP contribution < -0.4 is 49.7 Å². The Morgan fingerprint density at radius 1 is 0.440 bits per heavy atom. The van der Waals surface area contributed by atoms with Gasteiger partial charge in [-0.15, -0.1) is 0 Å². The summed E-state index contributed by atoms with van der Waals surface area (Å²) in [4.78, 5) is 156. The highest BCUT2D eigenvalue weighted by molar-refractivity contribution is 8.24. The Labute approximate surface area is 847 Å². The second-order valence-electron chi connectivity index (χ2n) is 30.1. The molecule has 6 amide bonds. The molecule has 0 bridgehead atoms. The number of fused-ring (bicyclic) bond motifs is 3. The molecule has 0 atom stereocenters. The molecule has 16 N–H and O–H groups in total. The summed E-state index contributed by atoms with van der Waals surface area (Å²) in [5.74, 6) is 2.37. The number of halogens is 6. The van der Waals surface area contributed by atoms with Gasteiger partial charge in [0.1, 0.15) is 42.4 Å². The van der Waals surface area contributed by atoms with Gasteiger partial charge in [-0.3, -0.25) is 74.4 Å². The minimum Gasteiger partial charge on any atom is -0.507 e. The zero-order valence-electron chi connectivity index (χ0n) is 79.7. The van der Waals surface area contributed by atoms with E-state index in [1.54, 1.807) is 90.9 Å². The molecular formula is C100H119Cl6N12O22P. The number of rotatable bonds is 17. The van der Waals surface area contributed by atoms with Gasteiger partial charge in [0.25, 0.3) is 17.4 Å². The monoisotopic (exact) mass is 2080 g/mol. The van der Waals surface area contributed by atoms with Crippen molar-refractivity contribution in [1.82, 2.24) is 20.0 Å². The largest absolute Gasteiger partial charge is 0.507 e. The van der Waals surface area contributed by atoms with Crippen molar-refractivity contribution in [3.05, 3.63) is 286 Å². The molecule has 3 aliphatic rings. The molecule has 1 fully saturated rings. The summed E-state index contributed by atoms with van der Waals surface area (Å²) in [6.45, 7) is 30.1. The summed E-state index contributed by atoms with van der Waals surface area (Å²) in [5.41, 5.74) is 24.3. The van der Waals surface area contributed by atoms with E-state index in [0.717, 1.165) is 73.6 Å². The Morgan fingerprint density at radius 2 is 0.759 bits per heavy atom. The van der Waals surface area contributed by atoms with Crippen LogP contribution in [0.1, 0.15) is 139 Å². The number of anilines is 6. The molecule has 0 radical (unpaired) electrons. The fourth-order valence-corrected chi connectivity index (χ4v) is 11.9. The molecule has 758 valence electrons. The van der Waals surface area contributed by atoms with Crippen LogP contribution in [0.2, 0.25) is 15.2 Å². The van der Waals surface area contributed by atoms with E-state index in [9.17, 15) is 72.0 Å². The molecule has 3 aliphatic heterocycles. The second-order valence-corrected chi connectivity index (χ2v) is 37.9. The van der Waals surface area contributed by atoms with E-state index in [0.29, 0.717) is 82.5 Å². The molecule has 0 unspecified atom stereocenters. The zero-order valence-corrected chi connectivity index (χ0v) is 85.1. The third-order valence-electron chi connectivity index (χ3n) is 18.4. The number of imide groups is 1. The summed E-state index contributed by atoms with van der Waals surface area (Å²) in [5, 5.41) is 30.1. The highest BCUT2D eigenvalue weighted by Gasteiger charge is 2.34. The molecule has 34 nitrogen and oxygen atoms in total. The van der Waals surface area contributed by atoms with Gasteiger partial charge < -0.3 is 71.4 Å². The van der Waals surface area contributed by atoms with Crippen molar-refractivity contribution in [3.8, 4) is 5.75 Å². The minimum absolute atomic E-state index is 0. The number of aliphatic carboxylic acids is 1. The zero-order chi connectivity index (χ0) is 104. The second kappa shape index (κ2) is 65.4. The number of nitrogens with one attached hydrogen (secondary N) is 6. The number of amides is 6. The fourth-order valence-electron chi connectivity index (χ4n) is 11.1. The number of benzene rings is 8. The number of nitrogen functional groups attached to an aromatic ring is 1. The highest BCUT2D eigenvalue weighted by Crippen LogP contribution is 2.61. The molecule has 8 aromatic carbocycles. The number of aromatic amines is 1. The lowest BCUT2D eigenvalue weighted by Crippen LogP contribution is -2.37. The number of hydrogen-bond acceptors (Lipinski definition) is 26. The SMILES string of the molecule is C.C1CCOC1.CC1=C(C)C(=O)N(Nc2cc(Cl)c3cc(C)ccc3n2)C1=O.CC1=C(C)C(=O)OC1=O.CCOC(=O)CC(=O)Nc1ccc(C)cc1.CCOC(=O)CC(=O)OCC.Cc1ccc(N)cc1.Cc1ccc(NC(=O)CC(=O)Nc2ccc(C)cc2)cc1.Cc1ccc(NC(=O)CC(=O)O)cc1.Cc1ccc2[nH]c(=O)cc(O)c2c1.Cc1ccc2nc(Cl)cc(Cl)c2c1.NN.O.O=P(Cl)(Cl)Cl. The van der Waals surface area contributed by atoms with Crippen LogP contribution in [0.25, 0.3) is 32.7 Å². The molecule has 6 heterocycles. The first-order valence-electron chi connectivity index (χ1n) is 42.5. The first-order valence-corrected chi connectivity index (χ1v) is 48.1. The average Bonchev–Trinajstić information content (AvgIpc) is 1.74. The third kappa shape index (κ3) is 50.3. The number of esters is 5. The van der Waals surface area contributed by atoms with Gasteiger partial charge >= 0.3 is 41.0 Å². The predicted molar refractivity (Wildman–Crippen MR) is 557 cm³/mol. The van der Waals surface area contributed by atoms with Crippen molar-refractivity contribution in [2.75, 3.05) is 65.5 Å². The number of aromatic nitrogens is 3. The number of hydrazine groups is 2. The summed E-state index contributed by atoms with van der Waals surface area (Å²) in [6, 6.07) is 58.7. The number of ether oxygens (including phenoxy) is 5. The van der Waals surface area contributed by atoms with Crippen molar-refractivity contribution in [2.45, 2.75) is 150 Å². The van der Waals surface area contributed by atoms with Crippen LogP contribution in [-0.2, 0) is 85.8 Å². The summed E-state index contributed by atoms with van der Waals surface area (Å²) < 4.78 is 32.4. The predicted octanol–water partition coefficient (Wildman–Crippen LogP) is 19.9. The van der Waals surface area contributed by atoms with Crippen molar-refractivity contribution in [3.63, 3.8) is 0 Å². The number of aromatic hydroxyl groups is 1. The van der Waals surface area contributed by atoms with Gasteiger partial charge in [0.2, 0.25) is 23.6 Å². The number of hydrogen-bond donors (Lipinski definition) is 11. The third-order valence-corrected chi connectivity index (χ3v) is 19.2. The van der Waals surface area contributed by atoms with Gasteiger partial charge in [0.15, 0.2) is 0 Å². The molecule has 0 saturated carbocycles. The molecule has 14 rings (SSSR count). The normalized spacial score (nSPS) is 11.6. The van der Waals surface area contributed by atoms with Crippen LogP contribution in [0.15, 0.2) is 221 Å². The van der Waals surface area contributed by atoms with Crippen molar-refractivity contribution in [2.24, 2.45) is 11.7 Å². The van der Waals surface area contributed by atoms with Crippen molar-refractivity contribution < 1.29 is 101 Å². The summed E-state index contributed by atoms with van der Waals surface area (Å²) in [7, 11) is 0. The Kier molecular flexibility index (Phi) is 58.3. The van der Waals surface area contributed by atoms with E-state index < -0.39 is 53.3 Å². The van der Waals surface area contributed by atoms with Crippen molar-refractivity contribution in [1.29, 1.82) is 0 Å². The van der Waals surface area contributed by atoms with E-state index in [1.807, 2.05) is 201 Å². The maximum Gasteiger partial charge on any atom is 0.342 e. The first kappa shape index (κ1) is 126. The quantitative estimate of drug-likeness (QED) is 0.00464. The van der Waals surface area contributed by atoms with E-state index >= 15 is 0 Å². The van der Waals surface area contributed by atoms with Crippen LogP contribution in [0.3, 0.4) is 0 Å². The molecule has 11 aromatic rings. The van der Waals surface area contributed by atoms with Crippen LogP contribution >= 0.6 is 73.7 Å². The van der Waals surface area contributed by atoms with E-state index in [-0.39, 0.29) is 92.8 Å². The Morgan fingerprint density at radius 3 is 1.09 bits per heavy atom. The fraction of sp³-hybridized carbons (Fsp3) is 0.270. The molecule has 1 saturated heterocycles. The molecule has 41 heteroatoms. The maximum absolute atomic E-state index is 12.0. The summed E-state index contributed by atoms with van der Waals surface area (Å²) >= 11 is 31.9. The van der Waals surface area contributed by atoms with E-state index in [1.165, 1.54) is 30.0 Å². The maximum atomic E-state index is 12.0. The first-order chi connectivity index (χ1) is 65.5. The lowest BCUT2D eigenvalue weighted by molar-refractivity contribution is -0.155. The van der Waals surface area contributed by atoms with Gasteiger partial charge in [0.05, 0.1) is 46.4 Å². The van der Waals surface area contributed by atoms with Crippen LogP contribution in [-0.4, -0.2) is 140 Å². The lowest BCUT2D eigenvalue weighted by Gasteiger charge is -2.17. The number of carboxylic acid groups (broad SMARTS) is 1. The number of H-pyrrole nitrogens is 1. The number of nitrogens with two attached hydrogens (primary N) is 3. The number of aryl methyl sites for hydroxylation is 8. The van der Waals surface area contributed by atoms with Gasteiger partial charge in [-0.2, -0.15) is 5.01 Å². The average molecular weight is 2080 g/mol. The van der Waals surface area contributed by atoms with Crippen LogP contribution in [0, 0.1) is 55.4 Å². The molecule has 0 spiro atoms. The highest BCUT2D eigenvalue weighted by atomic mass is 36.0. The van der Waals surface area contributed by atoms with E-state index in [2.05, 4.69) is 106 Å².